The first-order chi connectivity index (χ1) is 14.4. The van der Waals surface area contributed by atoms with Crippen molar-refractivity contribution < 1.29 is 4.39 Å². The van der Waals surface area contributed by atoms with Crippen LogP contribution in [0.25, 0.3) is 0 Å². The van der Waals surface area contributed by atoms with E-state index in [1.165, 1.54) is 0 Å². The Balaban J connectivity index is 1.34. The maximum Gasteiger partial charge on any atom is 0.119 e. The number of halogens is 3. The third-order valence-electron chi connectivity index (χ3n) is 5.79. The van der Waals surface area contributed by atoms with E-state index in [4.69, 9.17) is 12.2 Å². The number of benzene rings is 3. The lowest BCUT2D eigenvalue weighted by molar-refractivity contribution is 0.280. The highest BCUT2D eigenvalue weighted by molar-refractivity contribution is 9.13. The Labute approximate surface area is 199 Å². The zero-order valence-corrected chi connectivity index (χ0v) is 20.6. The molecule has 0 aromatic heterocycles. The smallest absolute Gasteiger partial charge is 0.119 e. The van der Waals surface area contributed by atoms with Gasteiger partial charge in [-0.25, -0.2) is 4.39 Å². The van der Waals surface area contributed by atoms with Gasteiger partial charge in [0.15, 0.2) is 0 Å². The third-order valence-corrected chi connectivity index (χ3v) is 8.01. The summed E-state index contributed by atoms with van der Waals surface area (Å²) in [5, 5.41) is 3.31. The summed E-state index contributed by atoms with van der Waals surface area (Å²) in [6.45, 7) is 2.05. The predicted octanol–water partition coefficient (Wildman–Crippen LogP) is 8.14. The van der Waals surface area contributed by atoms with Crippen LogP contribution in [0.15, 0.2) is 75.7 Å². The fraction of sp³-hybridized carbons (Fsp3) is 0.240. The molecule has 0 saturated heterocycles. The van der Waals surface area contributed by atoms with Crippen molar-refractivity contribution in [2.45, 2.75) is 37.8 Å². The molecule has 154 valence electrons. The van der Waals surface area contributed by atoms with Crippen molar-refractivity contribution in [1.82, 2.24) is 0 Å². The normalized spacial score (nSPS) is 20.1. The zero-order valence-electron chi connectivity index (χ0n) is 16.6. The van der Waals surface area contributed by atoms with Gasteiger partial charge in [-0.2, -0.15) is 0 Å². The molecule has 30 heavy (non-hydrogen) atoms. The molecule has 1 aliphatic carbocycles. The van der Waals surface area contributed by atoms with Gasteiger partial charge < -0.3 is 5.32 Å². The lowest BCUT2D eigenvalue weighted by Gasteiger charge is -2.12. The number of alkyl halides is 1. The summed E-state index contributed by atoms with van der Waals surface area (Å²) in [5.74, 6) is -0.00735. The summed E-state index contributed by atoms with van der Waals surface area (Å²) in [7, 11) is 0. The largest absolute Gasteiger partial charge is 0.346 e. The molecule has 1 N–H and O–H groups in total. The van der Waals surface area contributed by atoms with Crippen LogP contribution in [0.2, 0.25) is 0 Å². The average Bonchev–Trinajstić information content (AvgIpc) is 3.42. The second kappa shape index (κ2) is 8.89. The summed E-state index contributed by atoms with van der Waals surface area (Å²) in [6.07, 6.45) is 1.86. The molecule has 0 radical (unpaired) electrons. The quantitative estimate of drug-likeness (QED) is 0.313. The van der Waals surface area contributed by atoms with Crippen molar-refractivity contribution in [3.63, 3.8) is 0 Å². The van der Waals surface area contributed by atoms with Gasteiger partial charge in [-0.3, -0.25) is 0 Å². The summed E-state index contributed by atoms with van der Waals surface area (Å²) < 4.78 is 17.2. The Hall–Kier alpha value is -1.56. The molecule has 0 amide bonds. The Bertz CT molecular complexity index is 1080. The molecule has 3 aromatic carbocycles. The fourth-order valence-electron chi connectivity index (χ4n) is 3.78. The first kappa shape index (κ1) is 21.7. The number of para-hydroxylation sites is 1. The summed E-state index contributed by atoms with van der Waals surface area (Å²) >= 11 is 12.5. The van der Waals surface area contributed by atoms with Crippen molar-refractivity contribution in [3.8, 4) is 0 Å². The van der Waals surface area contributed by atoms with E-state index in [-0.39, 0.29) is 5.92 Å². The highest BCUT2D eigenvalue weighted by Gasteiger charge is 2.55. The molecule has 0 spiro atoms. The van der Waals surface area contributed by atoms with E-state index >= 15 is 4.39 Å². The summed E-state index contributed by atoms with van der Waals surface area (Å²) in [5.41, 5.74) is 4.24. The minimum atomic E-state index is -1.10. The number of hydrogen-bond acceptors (Lipinski definition) is 1. The lowest BCUT2D eigenvalue weighted by Crippen LogP contribution is -2.11. The Morgan fingerprint density at radius 1 is 1.07 bits per heavy atom. The van der Waals surface area contributed by atoms with Crippen molar-refractivity contribution >= 4 is 54.8 Å². The Kier molecular flexibility index (Phi) is 6.42. The van der Waals surface area contributed by atoms with Crippen LogP contribution in [0.3, 0.4) is 0 Å². The molecule has 1 nitrogen and oxygen atoms in total. The first-order valence-corrected chi connectivity index (χ1v) is 11.9. The molecule has 0 heterocycles. The monoisotopic (exact) mass is 545 g/mol. The molecule has 2 unspecified atom stereocenters. The van der Waals surface area contributed by atoms with Gasteiger partial charge in [0.25, 0.3) is 0 Å². The predicted molar refractivity (Wildman–Crippen MR) is 134 cm³/mol. The van der Waals surface area contributed by atoms with Gasteiger partial charge in [0.1, 0.15) is 10.7 Å². The van der Waals surface area contributed by atoms with E-state index in [0.29, 0.717) is 17.8 Å². The van der Waals surface area contributed by atoms with Crippen molar-refractivity contribution in [3.05, 3.63) is 97.9 Å². The van der Waals surface area contributed by atoms with E-state index in [0.717, 1.165) is 43.3 Å². The topological polar surface area (TPSA) is 12.0 Å². The van der Waals surface area contributed by atoms with Gasteiger partial charge in [-0.1, -0.05) is 60.7 Å². The minimum Gasteiger partial charge on any atom is -0.346 e. The van der Waals surface area contributed by atoms with Crippen LogP contribution in [0, 0.1) is 6.92 Å². The van der Waals surface area contributed by atoms with Crippen molar-refractivity contribution in [2.24, 2.45) is 0 Å². The van der Waals surface area contributed by atoms with Gasteiger partial charge in [-0.05, 0) is 92.9 Å². The number of thiocarbonyl (C=S) groups is 1. The Morgan fingerprint density at radius 2 is 1.80 bits per heavy atom. The molecule has 1 saturated carbocycles. The van der Waals surface area contributed by atoms with Crippen LogP contribution in [-0.4, -0.2) is 10.7 Å². The van der Waals surface area contributed by atoms with Crippen molar-refractivity contribution in [1.29, 1.82) is 0 Å². The van der Waals surface area contributed by atoms with Gasteiger partial charge in [0, 0.05) is 26.1 Å². The van der Waals surface area contributed by atoms with Crippen LogP contribution in [0.5, 0.6) is 0 Å². The standard InChI is InChI=1S/C25H22Br2FNS/c1-16-4-2-3-5-23(16)29-24(30)18-8-6-17(7-9-18)12-13-25(28)15-20(25)19-10-11-21(26)22(27)14-19/h2-11,14,20H,12-13,15H2,1H3,(H,29,30). The van der Waals surface area contributed by atoms with Crippen LogP contribution < -0.4 is 5.32 Å². The van der Waals surface area contributed by atoms with Crippen molar-refractivity contribution in [2.75, 3.05) is 5.32 Å². The van der Waals surface area contributed by atoms with E-state index in [2.05, 4.69) is 62.3 Å². The van der Waals surface area contributed by atoms with Gasteiger partial charge in [0.05, 0.1) is 0 Å². The highest BCUT2D eigenvalue weighted by atomic mass is 79.9. The molecule has 0 bridgehead atoms. The number of anilines is 1. The number of hydrogen-bond donors (Lipinski definition) is 1. The summed E-state index contributed by atoms with van der Waals surface area (Å²) in [6, 6.07) is 22.2. The van der Waals surface area contributed by atoms with E-state index in [1.54, 1.807) is 0 Å². The molecule has 3 aromatic rings. The third kappa shape index (κ3) is 4.84. The number of nitrogens with one attached hydrogen (secondary N) is 1. The summed E-state index contributed by atoms with van der Waals surface area (Å²) in [4.78, 5) is 0.695. The first-order valence-electron chi connectivity index (χ1n) is 9.95. The van der Waals surface area contributed by atoms with E-state index in [9.17, 15) is 0 Å². The zero-order chi connectivity index (χ0) is 21.3. The molecule has 5 heteroatoms. The van der Waals surface area contributed by atoms with Crippen LogP contribution >= 0.6 is 44.1 Å². The van der Waals surface area contributed by atoms with Crippen LogP contribution in [0.1, 0.15) is 41.0 Å². The van der Waals surface area contributed by atoms with Gasteiger partial charge in [0.2, 0.25) is 0 Å². The average molecular weight is 547 g/mol. The minimum absolute atomic E-state index is 0.00735. The molecular formula is C25H22Br2FNS. The molecular weight excluding hydrogens is 525 g/mol. The maximum absolute atomic E-state index is 15.2. The van der Waals surface area contributed by atoms with Crippen LogP contribution in [-0.2, 0) is 6.42 Å². The lowest BCUT2D eigenvalue weighted by atomic mass is 10.0. The van der Waals surface area contributed by atoms with Crippen LogP contribution in [0.4, 0.5) is 10.1 Å². The molecule has 1 fully saturated rings. The SMILES string of the molecule is Cc1ccccc1NC(=S)c1ccc(CCC2(F)CC2c2ccc(Br)c(Br)c2)cc1. The fourth-order valence-corrected chi connectivity index (χ4v) is 4.67. The molecule has 1 aliphatic rings. The highest BCUT2D eigenvalue weighted by Crippen LogP contribution is 2.57. The maximum atomic E-state index is 15.2. The number of aryl methyl sites for hydroxylation is 2. The Morgan fingerprint density at radius 3 is 2.50 bits per heavy atom. The van der Waals surface area contributed by atoms with Gasteiger partial charge in [-0.15, -0.1) is 0 Å². The molecule has 2 atom stereocenters. The number of rotatable bonds is 6. The second-order valence-electron chi connectivity index (χ2n) is 7.93. The molecule has 0 aliphatic heterocycles. The molecule has 4 rings (SSSR count). The second-order valence-corrected chi connectivity index (χ2v) is 10.0. The van der Waals surface area contributed by atoms with E-state index in [1.807, 2.05) is 48.5 Å². The van der Waals surface area contributed by atoms with E-state index < -0.39 is 5.67 Å². The van der Waals surface area contributed by atoms with Gasteiger partial charge >= 0.3 is 0 Å².